The molecule has 12 heavy (non-hydrogen) atoms. The molecule has 1 unspecified atom stereocenters. The number of hydrogen-bond acceptors (Lipinski definition) is 2. The van der Waals surface area contributed by atoms with Crippen LogP contribution in [-0.4, -0.2) is 11.5 Å². The van der Waals surface area contributed by atoms with Gasteiger partial charge in [-0.05, 0) is 17.3 Å². The molecular weight excluding hydrogens is 170 g/mol. The average molecular weight is 177 g/mol. The Morgan fingerprint density at radius 3 is 2.58 bits per heavy atom. The molecule has 0 spiro atoms. The van der Waals surface area contributed by atoms with E-state index in [2.05, 4.69) is 4.99 Å². The molecule has 1 aromatic rings. The maximum Gasteiger partial charge on any atom is 0.305 e. The first-order valence-electron chi connectivity index (χ1n) is 3.66. The van der Waals surface area contributed by atoms with Gasteiger partial charge in [0.2, 0.25) is 0 Å². The topological polar surface area (TPSA) is 29.4 Å². The zero-order valence-corrected chi connectivity index (χ0v) is 7.12. The fourth-order valence-corrected chi connectivity index (χ4v) is 1.85. The summed E-state index contributed by atoms with van der Waals surface area (Å²) in [4.78, 5) is 14.5. The number of benzene rings is 1. The molecule has 60 valence electrons. The van der Waals surface area contributed by atoms with E-state index in [1.165, 1.54) is 11.8 Å². The highest BCUT2D eigenvalue weighted by atomic mass is 32.2. The van der Waals surface area contributed by atoms with Gasteiger partial charge >= 0.3 is 5.24 Å². The van der Waals surface area contributed by atoms with Gasteiger partial charge in [-0.2, -0.15) is 0 Å². The summed E-state index contributed by atoms with van der Waals surface area (Å²) in [6, 6.07) is 9.89. The summed E-state index contributed by atoms with van der Waals surface area (Å²) in [7, 11) is 0. The van der Waals surface area contributed by atoms with Gasteiger partial charge in [0.15, 0.2) is 0 Å². The normalized spacial score (nSPS) is 21.7. The van der Waals surface area contributed by atoms with E-state index in [0.717, 1.165) is 5.56 Å². The summed E-state index contributed by atoms with van der Waals surface area (Å²) in [5.74, 6) is 0. The first-order valence-corrected chi connectivity index (χ1v) is 4.54. The van der Waals surface area contributed by atoms with Crippen LogP contribution in [0.25, 0.3) is 0 Å². The van der Waals surface area contributed by atoms with Gasteiger partial charge in [-0.3, -0.25) is 4.79 Å². The zero-order chi connectivity index (χ0) is 8.39. The summed E-state index contributed by atoms with van der Waals surface area (Å²) >= 11 is 1.26. The van der Waals surface area contributed by atoms with E-state index in [4.69, 9.17) is 0 Å². The van der Waals surface area contributed by atoms with E-state index in [9.17, 15) is 4.79 Å². The standard InChI is InChI=1S/C9H7NOS/c11-9-10-6-8(12-9)7-4-2-1-3-5-7/h1-6,8H. The Labute approximate surface area is 74.7 Å². The van der Waals surface area contributed by atoms with Crippen LogP contribution in [0.1, 0.15) is 10.8 Å². The minimum atomic E-state index is -0.0937. The number of rotatable bonds is 1. The molecule has 0 aliphatic carbocycles. The molecule has 0 radical (unpaired) electrons. The molecule has 0 bridgehead atoms. The lowest BCUT2D eigenvalue weighted by molar-refractivity contribution is 0.268. The van der Waals surface area contributed by atoms with Crippen molar-refractivity contribution in [3.63, 3.8) is 0 Å². The van der Waals surface area contributed by atoms with E-state index in [0.29, 0.717) is 0 Å². The monoisotopic (exact) mass is 177 g/mol. The van der Waals surface area contributed by atoms with Crippen LogP contribution < -0.4 is 0 Å². The highest BCUT2D eigenvalue weighted by molar-refractivity contribution is 8.14. The van der Waals surface area contributed by atoms with Crippen molar-refractivity contribution >= 4 is 23.2 Å². The molecule has 3 heteroatoms. The number of carbonyl (C=O) groups is 1. The third kappa shape index (κ3) is 1.41. The lowest BCUT2D eigenvalue weighted by Crippen LogP contribution is -1.89. The number of aliphatic imine (C=N–C) groups is 1. The minimum absolute atomic E-state index is 0.0937. The van der Waals surface area contributed by atoms with Crippen molar-refractivity contribution in [2.75, 3.05) is 0 Å². The molecule has 1 atom stereocenters. The Morgan fingerprint density at radius 2 is 2.00 bits per heavy atom. The van der Waals surface area contributed by atoms with Crippen LogP contribution in [0.15, 0.2) is 35.3 Å². The second-order valence-corrected chi connectivity index (χ2v) is 3.59. The smallest absolute Gasteiger partial charge is 0.259 e. The first kappa shape index (κ1) is 7.55. The Morgan fingerprint density at radius 1 is 1.25 bits per heavy atom. The van der Waals surface area contributed by atoms with Crippen molar-refractivity contribution in [2.45, 2.75) is 5.25 Å². The maximum atomic E-state index is 10.8. The van der Waals surface area contributed by atoms with Crippen molar-refractivity contribution < 1.29 is 4.79 Å². The van der Waals surface area contributed by atoms with Gasteiger partial charge in [-0.15, -0.1) is 0 Å². The van der Waals surface area contributed by atoms with E-state index in [-0.39, 0.29) is 10.5 Å². The van der Waals surface area contributed by atoms with Crippen LogP contribution in [0.4, 0.5) is 4.79 Å². The summed E-state index contributed by atoms with van der Waals surface area (Å²) in [5, 5.41) is 0.0301. The van der Waals surface area contributed by atoms with Gasteiger partial charge in [0.05, 0.1) is 5.25 Å². The molecule has 0 aromatic heterocycles. The van der Waals surface area contributed by atoms with Gasteiger partial charge in [-0.1, -0.05) is 30.3 Å². The summed E-state index contributed by atoms with van der Waals surface area (Å²) in [5.41, 5.74) is 1.14. The van der Waals surface area contributed by atoms with E-state index in [1.54, 1.807) is 6.21 Å². The molecule has 0 saturated carbocycles. The number of hydrogen-bond donors (Lipinski definition) is 0. The van der Waals surface area contributed by atoms with E-state index >= 15 is 0 Å². The highest BCUT2D eigenvalue weighted by Gasteiger charge is 2.19. The first-order chi connectivity index (χ1) is 5.86. The Bertz CT molecular complexity index is 321. The second kappa shape index (κ2) is 3.11. The Kier molecular flexibility index (Phi) is 1.96. The SMILES string of the molecule is O=C1N=CC(c2ccccc2)S1. The van der Waals surface area contributed by atoms with Crippen molar-refractivity contribution in [2.24, 2.45) is 4.99 Å². The summed E-state index contributed by atoms with van der Waals surface area (Å²) < 4.78 is 0. The fourth-order valence-electron chi connectivity index (χ4n) is 1.09. The van der Waals surface area contributed by atoms with Crippen LogP contribution in [-0.2, 0) is 0 Å². The molecule has 1 aliphatic heterocycles. The maximum absolute atomic E-state index is 10.8. The Hall–Kier alpha value is -1.09. The van der Waals surface area contributed by atoms with E-state index in [1.807, 2.05) is 30.3 Å². The van der Waals surface area contributed by atoms with Crippen LogP contribution >= 0.6 is 11.8 Å². The lowest BCUT2D eigenvalue weighted by Gasteiger charge is -2.02. The second-order valence-electron chi connectivity index (χ2n) is 2.49. The minimum Gasteiger partial charge on any atom is -0.259 e. The summed E-state index contributed by atoms with van der Waals surface area (Å²) in [6.45, 7) is 0. The van der Waals surface area contributed by atoms with Gasteiger partial charge < -0.3 is 0 Å². The molecule has 0 fully saturated rings. The van der Waals surface area contributed by atoms with Gasteiger partial charge in [0.25, 0.3) is 0 Å². The van der Waals surface area contributed by atoms with Crippen LogP contribution in [0, 0.1) is 0 Å². The average Bonchev–Trinajstić information content (AvgIpc) is 2.54. The highest BCUT2D eigenvalue weighted by Crippen LogP contribution is 2.32. The molecule has 1 aromatic carbocycles. The molecular formula is C9H7NOS. The quantitative estimate of drug-likeness (QED) is 0.660. The van der Waals surface area contributed by atoms with Crippen molar-refractivity contribution in [3.8, 4) is 0 Å². The molecule has 2 nitrogen and oxygen atoms in total. The number of thioether (sulfide) groups is 1. The molecule has 0 N–H and O–H groups in total. The molecule has 0 saturated heterocycles. The largest absolute Gasteiger partial charge is 0.305 e. The van der Waals surface area contributed by atoms with Crippen LogP contribution in [0.3, 0.4) is 0 Å². The predicted molar refractivity (Wildman–Crippen MR) is 50.7 cm³/mol. The van der Waals surface area contributed by atoms with Gasteiger partial charge in [0, 0.05) is 6.21 Å². The van der Waals surface area contributed by atoms with Crippen molar-refractivity contribution in [3.05, 3.63) is 35.9 Å². The fraction of sp³-hybridized carbons (Fsp3) is 0.111. The third-order valence-corrected chi connectivity index (χ3v) is 2.63. The van der Waals surface area contributed by atoms with E-state index < -0.39 is 0 Å². The van der Waals surface area contributed by atoms with Gasteiger partial charge in [-0.25, -0.2) is 4.99 Å². The lowest BCUT2D eigenvalue weighted by atomic mass is 10.2. The molecule has 1 amide bonds. The number of amides is 1. The van der Waals surface area contributed by atoms with Crippen molar-refractivity contribution in [1.82, 2.24) is 0 Å². The van der Waals surface area contributed by atoms with Crippen LogP contribution in [0.2, 0.25) is 0 Å². The predicted octanol–water partition coefficient (Wildman–Crippen LogP) is 2.67. The molecule has 1 heterocycles. The molecule has 2 rings (SSSR count). The number of nitrogens with zero attached hydrogens (tertiary/aromatic N) is 1. The van der Waals surface area contributed by atoms with Gasteiger partial charge in [0.1, 0.15) is 0 Å². The Balaban J connectivity index is 2.23. The number of carbonyl (C=O) groups excluding carboxylic acids is 1. The van der Waals surface area contributed by atoms with Crippen LogP contribution in [0.5, 0.6) is 0 Å². The van der Waals surface area contributed by atoms with Crippen molar-refractivity contribution in [1.29, 1.82) is 0 Å². The summed E-state index contributed by atoms with van der Waals surface area (Å²) in [6.07, 6.45) is 1.70. The third-order valence-electron chi connectivity index (χ3n) is 1.67. The molecule has 1 aliphatic rings. The zero-order valence-electron chi connectivity index (χ0n) is 6.31.